The van der Waals surface area contributed by atoms with Crippen molar-refractivity contribution < 1.29 is 9.84 Å². The molecule has 4 nitrogen and oxygen atoms in total. The Morgan fingerprint density at radius 2 is 2.44 bits per heavy atom. The Morgan fingerprint density at radius 3 is 3.12 bits per heavy atom. The van der Waals surface area contributed by atoms with Crippen LogP contribution in [0.2, 0.25) is 5.15 Å². The van der Waals surface area contributed by atoms with Crippen LogP contribution in [0.15, 0.2) is 12.1 Å². The third-order valence-electron chi connectivity index (χ3n) is 2.68. The van der Waals surface area contributed by atoms with Crippen molar-refractivity contribution in [3.63, 3.8) is 0 Å². The molecule has 16 heavy (non-hydrogen) atoms. The molecule has 0 bridgehead atoms. The topological polar surface area (TPSA) is 45.6 Å². The van der Waals surface area contributed by atoms with Gasteiger partial charge >= 0.3 is 0 Å². The number of aliphatic hydroxyl groups is 1. The number of rotatable bonds is 2. The molecule has 0 spiro atoms. The quantitative estimate of drug-likeness (QED) is 0.798. The van der Waals surface area contributed by atoms with Crippen LogP contribution in [0.1, 0.15) is 12.5 Å². The lowest BCUT2D eigenvalue weighted by atomic mass is 10.2. The van der Waals surface area contributed by atoms with E-state index in [4.69, 9.17) is 21.4 Å². The first kappa shape index (κ1) is 11.6. The smallest absolute Gasteiger partial charge is 0.131 e. The molecule has 1 aromatic rings. The molecule has 1 aromatic heterocycles. The number of aliphatic hydroxyl groups excluding tert-OH is 1. The lowest BCUT2D eigenvalue weighted by Gasteiger charge is -2.34. The molecule has 88 valence electrons. The van der Waals surface area contributed by atoms with Crippen LogP contribution in [0.25, 0.3) is 0 Å². The van der Waals surface area contributed by atoms with E-state index in [2.05, 4.69) is 16.8 Å². The fourth-order valence-corrected chi connectivity index (χ4v) is 2.07. The second-order valence-electron chi connectivity index (χ2n) is 3.93. The third-order valence-corrected chi connectivity index (χ3v) is 2.88. The Labute approximate surface area is 99.8 Å². The van der Waals surface area contributed by atoms with Crippen LogP contribution in [0.5, 0.6) is 0 Å². The van der Waals surface area contributed by atoms with E-state index in [9.17, 15) is 0 Å². The highest BCUT2D eigenvalue weighted by molar-refractivity contribution is 6.29. The van der Waals surface area contributed by atoms with Crippen LogP contribution in [0.4, 0.5) is 5.82 Å². The Hall–Kier alpha value is -0.840. The number of aromatic nitrogens is 1. The fraction of sp³-hybridized carbons (Fsp3) is 0.545. The Morgan fingerprint density at radius 1 is 1.62 bits per heavy atom. The average Bonchev–Trinajstić information content (AvgIpc) is 2.28. The second kappa shape index (κ2) is 4.99. The van der Waals surface area contributed by atoms with Crippen LogP contribution in [0.3, 0.4) is 0 Å². The first-order valence-electron chi connectivity index (χ1n) is 5.32. The maximum absolute atomic E-state index is 9.12. The normalized spacial score (nSPS) is 21.2. The molecule has 2 rings (SSSR count). The molecule has 1 N–H and O–H groups in total. The van der Waals surface area contributed by atoms with Gasteiger partial charge in [0.1, 0.15) is 11.0 Å². The predicted octanol–water partition coefficient (Wildman–Crippen LogP) is 1.45. The highest BCUT2D eigenvalue weighted by Crippen LogP contribution is 2.21. The number of halogens is 1. The van der Waals surface area contributed by atoms with Gasteiger partial charge in [0.15, 0.2) is 0 Å². The van der Waals surface area contributed by atoms with Gasteiger partial charge in [-0.1, -0.05) is 11.6 Å². The summed E-state index contributed by atoms with van der Waals surface area (Å²) in [5, 5.41) is 9.54. The zero-order valence-corrected chi connectivity index (χ0v) is 9.94. The number of hydrogen-bond acceptors (Lipinski definition) is 4. The summed E-state index contributed by atoms with van der Waals surface area (Å²) in [6, 6.07) is 3.83. The van der Waals surface area contributed by atoms with Crippen molar-refractivity contribution in [2.75, 3.05) is 24.7 Å². The van der Waals surface area contributed by atoms with Crippen molar-refractivity contribution in [1.82, 2.24) is 4.98 Å². The van der Waals surface area contributed by atoms with E-state index in [1.807, 2.05) is 6.07 Å². The summed E-state index contributed by atoms with van der Waals surface area (Å²) in [6.45, 7) is 4.27. The molecule has 0 aliphatic carbocycles. The van der Waals surface area contributed by atoms with Gasteiger partial charge in [0.05, 0.1) is 25.9 Å². The minimum Gasteiger partial charge on any atom is -0.392 e. The van der Waals surface area contributed by atoms with Crippen molar-refractivity contribution >= 4 is 17.4 Å². The van der Waals surface area contributed by atoms with Crippen molar-refractivity contribution in [3.8, 4) is 0 Å². The third kappa shape index (κ3) is 2.45. The van der Waals surface area contributed by atoms with E-state index >= 15 is 0 Å². The summed E-state index contributed by atoms with van der Waals surface area (Å²) in [5.74, 6) is 0.812. The molecular formula is C11H15ClN2O2. The highest BCUT2D eigenvalue weighted by Gasteiger charge is 2.20. The van der Waals surface area contributed by atoms with Gasteiger partial charge < -0.3 is 14.7 Å². The monoisotopic (exact) mass is 242 g/mol. The van der Waals surface area contributed by atoms with Gasteiger partial charge in [-0.2, -0.15) is 0 Å². The number of ether oxygens (including phenoxy) is 1. The van der Waals surface area contributed by atoms with Gasteiger partial charge in [-0.05, 0) is 24.6 Å². The molecule has 1 fully saturated rings. The molecule has 1 saturated heterocycles. The fourth-order valence-electron chi connectivity index (χ4n) is 1.84. The summed E-state index contributed by atoms with van der Waals surface area (Å²) in [6.07, 6.45) is 0. The van der Waals surface area contributed by atoms with E-state index in [0.29, 0.717) is 18.4 Å². The molecule has 1 aliphatic rings. The van der Waals surface area contributed by atoms with Gasteiger partial charge in [0.25, 0.3) is 0 Å². The maximum Gasteiger partial charge on any atom is 0.131 e. The molecule has 5 heteroatoms. The minimum absolute atomic E-state index is 0.0199. The molecule has 0 radical (unpaired) electrons. The number of nitrogens with zero attached hydrogens (tertiary/aromatic N) is 2. The van der Waals surface area contributed by atoms with Crippen LogP contribution in [-0.4, -0.2) is 35.9 Å². The van der Waals surface area contributed by atoms with Crippen LogP contribution in [0, 0.1) is 0 Å². The summed E-state index contributed by atoms with van der Waals surface area (Å²) in [7, 11) is 0. The Balaban J connectivity index is 2.27. The van der Waals surface area contributed by atoms with Crippen molar-refractivity contribution in [2.24, 2.45) is 0 Å². The summed E-state index contributed by atoms with van der Waals surface area (Å²) < 4.78 is 5.37. The van der Waals surface area contributed by atoms with Crippen molar-refractivity contribution in [2.45, 2.75) is 19.6 Å². The summed E-state index contributed by atoms with van der Waals surface area (Å²) >= 11 is 5.92. The standard InChI is InChI=1S/C11H15ClN2O2/c1-8-7-16-3-2-14(8)11-5-9(6-15)4-10(12)13-11/h4-5,8,15H,2-3,6-7H2,1H3/t8-/m1/s1. The number of morpholine rings is 1. The molecule has 0 unspecified atom stereocenters. The maximum atomic E-state index is 9.12. The molecule has 0 saturated carbocycles. The molecule has 0 amide bonds. The van der Waals surface area contributed by atoms with Crippen molar-refractivity contribution in [3.05, 3.63) is 22.8 Å². The summed E-state index contributed by atoms with van der Waals surface area (Å²) in [5.41, 5.74) is 0.786. The van der Waals surface area contributed by atoms with Gasteiger partial charge in [-0.25, -0.2) is 4.98 Å². The van der Waals surface area contributed by atoms with Crippen LogP contribution >= 0.6 is 11.6 Å². The van der Waals surface area contributed by atoms with E-state index in [0.717, 1.165) is 17.9 Å². The first-order valence-corrected chi connectivity index (χ1v) is 5.70. The molecule has 1 aliphatic heterocycles. The molecule has 2 heterocycles. The van der Waals surface area contributed by atoms with Gasteiger partial charge in [-0.15, -0.1) is 0 Å². The second-order valence-corrected chi connectivity index (χ2v) is 4.32. The Bertz CT molecular complexity index is 373. The van der Waals surface area contributed by atoms with Crippen LogP contribution in [-0.2, 0) is 11.3 Å². The van der Waals surface area contributed by atoms with Crippen molar-refractivity contribution in [1.29, 1.82) is 0 Å². The molecule has 1 atom stereocenters. The zero-order chi connectivity index (χ0) is 11.5. The zero-order valence-electron chi connectivity index (χ0n) is 9.19. The first-order chi connectivity index (χ1) is 7.70. The minimum atomic E-state index is -0.0199. The predicted molar refractivity (Wildman–Crippen MR) is 62.8 cm³/mol. The Kier molecular flexibility index (Phi) is 3.63. The van der Waals surface area contributed by atoms with E-state index < -0.39 is 0 Å². The van der Waals surface area contributed by atoms with Gasteiger partial charge in [0.2, 0.25) is 0 Å². The number of anilines is 1. The molecular weight excluding hydrogens is 228 g/mol. The average molecular weight is 243 g/mol. The van der Waals surface area contributed by atoms with E-state index in [1.54, 1.807) is 6.07 Å². The SMILES string of the molecule is C[C@@H]1COCCN1c1cc(CO)cc(Cl)n1. The lowest BCUT2D eigenvalue weighted by Crippen LogP contribution is -2.44. The number of hydrogen-bond donors (Lipinski definition) is 1. The van der Waals surface area contributed by atoms with Gasteiger partial charge in [-0.3, -0.25) is 0 Å². The highest BCUT2D eigenvalue weighted by atomic mass is 35.5. The summed E-state index contributed by atoms with van der Waals surface area (Å²) in [4.78, 5) is 6.43. The lowest BCUT2D eigenvalue weighted by molar-refractivity contribution is 0.0985. The van der Waals surface area contributed by atoms with E-state index in [1.165, 1.54) is 0 Å². The largest absolute Gasteiger partial charge is 0.392 e. The number of pyridine rings is 1. The van der Waals surface area contributed by atoms with Gasteiger partial charge in [0, 0.05) is 6.54 Å². The van der Waals surface area contributed by atoms with E-state index in [-0.39, 0.29) is 12.6 Å². The molecule has 0 aromatic carbocycles. The van der Waals surface area contributed by atoms with Crippen LogP contribution < -0.4 is 4.90 Å².